The van der Waals surface area contributed by atoms with Crippen LogP contribution in [0.5, 0.6) is 17.2 Å². The summed E-state index contributed by atoms with van der Waals surface area (Å²) < 4.78 is 22.2. The van der Waals surface area contributed by atoms with Gasteiger partial charge in [0.2, 0.25) is 6.79 Å². The molecule has 2 aromatic carbocycles. The van der Waals surface area contributed by atoms with Gasteiger partial charge in [-0.3, -0.25) is 4.79 Å². The number of ether oxygens (including phenoxy) is 4. The van der Waals surface area contributed by atoms with E-state index in [2.05, 4.69) is 0 Å². The van der Waals surface area contributed by atoms with Crippen molar-refractivity contribution >= 4 is 5.91 Å². The van der Waals surface area contributed by atoms with Crippen LogP contribution >= 0.6 is 0 Å². The van der Waals surface area contributed by atoms with Gasteiger partial charge in [0.25, 0.3) is 5.91 Å². The molecule has 2 aliphatic rings. The minimum atomic E-state index is -0.151. The van der Waals surface area contributed by atoms with Crippen molar-refractivity contribution in [2.45, 2.75) is 13.0 Å². The Labute approximate surface area is 152 Å². The van der Waals surface area contributed by atoms with Crippen LogP contribution in [0.15, 0.2) is 42.5 Å². The van der Waals surface area contributed by atoms with Crippen LogP contribution in [-0.4, -0.2) is 50.0 Å². The third-order valence-corrected chi connectivity index (χ3v) is 4.47. The zero-order valence-electron chi connectivity index (χ0n) is 14.6. The van der Waals surface area contributed by atoms with E-state index in [4.69, 9.17) is 18.9 Å². The maximum absolute atomic E-state index is 12.8. The zero-order chi connectivity index (χ0) is 17.9. The summed E-state index contributed by atoms with van der Waals surface area (Å²) in [7, 11) is 0. The van der Waals surface area contributed by atoms with Crippen molar-refractivity contribution in [2.24, 2.45) is 0 Å². The fraction of sp³-hybridized carbons (Fsp3) is 0.350. The van der Waals surface area contributed by atoms with E-state index in [0.717, 1.165) is 11.3 Å². The van der Waals surface area contributed by atoms with E-state index in [0.29, 0.717) is 43.4 Å². The molecule has 0 spiro atoms. The first-order valence-corrected chi connectivity index (χ1v) is 8.69. The van der Waals surface area contributed by atoms with Gasteiger partial charge in [0.1, 0.15) is 18.5 Å². The summed E-state index contributed by atoms with van der Waals surface area (Å²) in [4.78, 5) is 14.6. The molecule has 0 N–H and O–H groups in total. The van der Waals surface area contributed by atoms with Crippen LogP contribution in [0.3, 0.4) is 0 Å². The first kappa shape index (κ1) is 16.7. The molecule has 4 rings (SSSR count). The van der Waals surface area contributed by atoms with Gasteiger partial charge >= 0.3 is 0 Å². The molecule has 6 heteroatoms. The molecule has 1 atom stereocenters. The molecule has 2 heterocycles. The molecule has 136 valence electrons. The largest absolute Gasteiger partial charge is 0.491 e. The van der Waals surface area contributed by atoms with Gasteiger partial charge in [-0.05, 0) is 42.8 Å². The summed E-state index contributed by atoms with van der Waals surface area (Å²) in [6.45, 7) is 4.19. The van der Waals surface area contributed by atoms with Crippen molar-refractivity contribution in [3.63, 3.8) is 0 Å². The van der Waals surface area contributed by atoms with Crippen LogP contribution in [0, 0.1) is 6.92 Å². The molecule has 0 saturated carbocycles. The lowest BCUT2D eigenvalue weighted by molar-refractivity contribution is -0.0401. The minimum Gasteiger partial charge on any atom is -0.491 e. The molecule has 1 unspecified atom stereocenters. The zero-order valence-corrected chi connectivity index (χ0v) is 14.6. The quantitative estimate of drug-likeness (QED) is 0.844. The van der Waals surface area contributed by atoms with Crippen LogP contribution < -0.4 is 14.2 Å². The van der Waals surface area contributed by atoms with Gasteiger partial charge in [-0.15, -0.1) is 0 Å². The smallest absolute Gasteiger partial charge is 0.254 e. The standard InChI is InChI=1S/C20H21NO5/c1-14-3-2-4-16(9-14)24-12-17-11-21(7-8-23-17)20(22)15-5-6-18-19(10-15)26-13-25-18/h2-6,9-10,17H,7-8,11-13H2,1H3. The van der Waals surface area contributed by atoms with Crippen molar-refractivity contribution < 1.29 is 23.7 Å². The highest BCUT2D eigenvalue weighted by Gasteiger charge is 2.26. The summed E-state index contributed by atoms with van der Waals surface area (Å²) in [6, 6.07) is 13.2. The fourth-order valence-electron chi connectivity index (χ4n) is 3.11. The SMILES string of the molecule is Cc1cccc(OCC2CN(C(=O)c3ccc4c(c3)OCO4)CCO2)c1. The van der Waals surface area contributed by atoms with Gasteiger partial charge in [0, 0.05) is 12.1 Å². The highest BCUT2D eigenvalue weighted by Crippen LogP contribution is 2.33. The summed E-state index contributed by atoms with van der Waals surface area (Å²) >= 11 is 0. The van der Waals surface area contributed by atoms with Gasteiger partial charge in [0.05, 0.1) is 13.2 Å². The van der Waals surface area contributed by atoms with E-state index in [1.165, 1.54) is 0 Å². The molecule has 0 radical (unpaired) electrons. The normalized spacial score (nSPS) is 18.7. The third kappa shape index (κ3) is 3.60. The van der Waals surface area contributed by atoms with Gasteiger partial charge in [0.15, 0.2) is 11.5 Å². The first-order chi connectivity index (χ1) is 12.7. The van der Waals surface area contributed by atoms with Gasteiger partial charge in [-0.25, -0.2) is 0 Å². The molecule has 1 amide bonds. The number of amides is 1. The van der Waals surface area contributed by atoms with E-state index >= 15 is 0 Å². The molecular formula is C20H21NO5. The molecule has 0 aliphatic carbocycles. The second-order valence-corrected chi connectivity index (χ2v) is 6.44. The Hall–Kier alpha value is -2.73. The van der Waals surface area contributed by atoms with E-state index in [-0.39, 0.29) is 18.8 Å². The molecule has 2 aromatic rings. The second kappa shape index (κ2) is 7.25. The topological polar surface area (TPSA) is 57.2 Å². The van der Waals surface area contributed by atoms with Crippen molar-refractivity contribution in [3.05, 3.63) is 53.6 Å². The number of carbonyl (C=O) groups excluding carboxylic acids is 1. The second-order valence-electron chi connectivity index (χ2n) is 6.44. The summed E-state index contributed by atoms with van der Waals surface area (Å²) in [5.41, 5.74) is 1.74. The van der Waals surface area contributed by atoms with Crippen molar-refractivity contribution in [1.29, 1.82) is 0 Å². The Morgan fingerprint density at radius 2 is 2.08 bits per heavy atom. The van der Waals surface area contributed by atoms with Crippen LogP contribution in [0.25, 0.3) is 0 Å². The summed E-state index contributed by atoms with van der Waals surface area (Å²) in [5, 5.41) is 0. The molecule has 1 fully saturated rings. The lowest BCUT2D eigenvalue weighted by atomic mass is 10.1. The van der Waals surface area contributed by atoms with E-state index in [1.807, 2.05) is 31.2 Å². The number of nitrogens with zero attached hydrogens (tertiary/aromatic N) is 1. The number of aryl methyl sites for hydroxylation is 1. The predicted octanol–water partition coefficient (Wildman–Crippen LogP) is 2.64. The number of hydrogen-bond donors (Lipinski definition) is 0. The lowest BCUT2D eigenvalue weighted by Gasteiger charge is -2.33. The number of hydrogen-bond acceptors (Lipinski definition) is 5. The number of fused-ring (bicyclic) bond motifs is 1. The molecule has 6 nitrogen and oxygen atoms in total. The Kier molecular flexibility index (Phi) is 4.67. The van der Waals surface area contributed by atoms with Crippen LogP contribution in [0.2, 0.25) is 0 Å². The average Bonchev–Trinajstić information content (AvgIpc) is 3.14. The molecule has 1 saturated heterocycles. The van der Waals surface area contributed by atoms with Gasteiger partial charge < -0.3 is 23.8 Å². The number of morpholine rings is 1. The third-order valence-electron chi connectivity index (χ3n) is 4.47. The van der Waals surface area contributed by atoms with E-state index in [1.54, 1.807) is 23.1 Å². The number of carbonyl (C=O) groups is 1. The van der Waals surface area contributed by atoms with Crippen molar-refractivity contribution in [1.82, 2.24) is 4.90 Å². The van der Waals surface area contributed by atoms with Gasteiger partial charge in [-0.1, -0.05) is 12.1 Å². The Morgan fingerprint density at radius 1 is 1.19 bits per heavy atom. The fourth-order valence-corrected chi connectivity index (χ4v) is 3.11. The monoisotopic (exact) mass is 355 g/mol. The minimum absolute atomic E-state index is 0.0350. The Balaban J connectivity index is 1.37. The molecule has 0 bridgehead atoms. The average molecular weight is 355 g/mol. The number of benzene rings is 2. The number of rotatable bonds is 4. The first-order valence-electron chi connectivity index (χ1n) is 8.69. The van der Waals surface area contributed by atoms with Crippen molar-refractivity contribution in [3.8, 4) is 17.2 Å². The van der Waals surface area contributed by atoms with Crippen LogP contribution in [-0.2, 0) is 4.74 Å². The molecule has 2 aliphatic heterocycles. The Morgan fingerprint density at radius 3 is 2.96 bits per heavy atom. The highest BCUT2D eigenvalue weighted by molar-refractivity contribution is 5.95. The highest BCUT2D eigenvalue weighted by atomic mass is 16.7. The molecule has 26 heavy (non-hydrogen) atoms. The van der Waals surface area contributed by atoms with Gasteiger partial charge in [-0.2, -0.15) is 0 Å². The lowest BCUT2D eigenvalue weighted by Crippen LogP contribution is -2.47. The van der Waals surface area contributed by atoms with E-state index < -0.39 is 0 Å². The predicted molar refractivity (Wildman–Crippen MR) is 94.9 cm³/mol. The molecular weight excluding hydrogens is 334 g/mol. The van der Waals surface area contributed by atoms with Crippen LogP contribution in [0.1, 0.15) is 15.9 Å². The maximum atomic E-state index is 12.8. The summed E-state index contributed by atoms with van der Waals surface area (Å²) in [5.74, 6) is 2.07. The summed E-state index contributed by atoms with van der Waals surface area (Å²) in [6.07, 6.45) is -0.151. The van der Waals surface area contributed by atoms with Crippen LogP contribution in [0.4, 0.5) is 0 Å². The molecule has 0 aromatic heterocycles. The van der Waals surface area contributed by atoms with E-state index in [9.17, 15) is 4.79 Å². The van der Waals surface area contributed by atoms with Crippen molar-refractivity contribution in [2.75, 3.05) is 33.1 Å². The maximum Gasteiger partial charge on any atom is 0.254 e. The Bertz CT molecular complexity index is 807.